The highest BCUT2D eigenvalue weighted by atomic mass is 19.1. The first-order chi connectivity index (χ1) is 14.8. The number of ether oxygens (including phenoxy) is 1. The second-order valence-corrected chi connectivity index (χ2v) is 8.52. The van der Waals surface area contributed by atoms with Gasteiger partial charge >= 0.3 is 5.97 Å². The molecule has 0 bridgehead atoms. The molecule has 1 saturated carbocycles. The van der Waals surface area contributed by atoms with Gasteiger partial charge in [0.15, 0.2) is 11.6 Å². The highest BCUT2D eigenvalue weighted by Crippen LogP contribution is 2.46. The van der Waals surface area contributed by atoms with Crippen LogP contribution in [0, 0.1) is 11.7 Å². The molecule has 2 fully saturated rings. The Morgan fingerprint density at radius 3 is 2.65 bits per heavy atom. The molecule has 8 nitrogen and oxygen atoms in total. The zero-order chi connectivity index (χ0) is 22.4. The van der Waals surface area contributed by atoms with E-state index in [9.17, 15) is 14.7 Å². The number of nitrogens with zero attached hydrogens (tertiary/aromatic N) is 2. The topological polar surface area (TPSA) is 110 Å². The number of fused-ring (bicyclic) bond motifs is 1. The summed E-state index contributed by atoms with van der Waals surface area (Å²) in [6.45, 7) is 6.27. The predicted molar refractivity (Wildman–Crippen MR) is 118 cm³/mol. The lowest BCUT2D eigenvalue weighted by molar-refractivity contribution is 0.0695. The number of carboxylic acid groups (broad SMARTS) is 1. The molecule has 0 radical (unpaired) electrons. The standard InChI is InChI=1S/C22H29FN4O4/c1-4-25-14-7-8-26(9-11(14)2)19-16(23)17(24)15-18(21(19)31-3)27(12-5-6-12)10-13(20(15)28)22(29)30/h10-12,14,25H,4-9,24H2,1-3H3,(H,29,30). The Labute approximate surface area is 179 Å². The SMILES string of the molecule is CCNC1CCN(c2c(F)c(N)c3c(=O)c(C(=O)O)cn(C4CC4)c3c2OC)CC1C. The summed E-state index contributed by atoms with van der Waals surface area (Å²) >= 11 is 0. The summed E-state index contributed by atoms with van der Waals surface area (Å²) in [5, 5.41) is 12.8. The summed E-state index contributed by atoms with van der Waals surface area (Å²) in [5.41, 5.74) is 5.22. The van der Waals surface area contributed by atoms with E-state index in [0.29, 0.717) is 24.6 Å². The van der Waals surface area contributed by atoms with Crippen molar-refractivity contribution in [1.82, 2.24) is 9.88 Å². The van der Waals surface area contributed by atoms with Crippen LogP contribution in [0.5, 0.6) is 5.75 Å². The summed E-state index contributed by atoms with van der Waals surface area (Å²) < 4.78 is 23.0. The van der Waals surface area contributed by atoms with E-state index in [1.807, 2.05) is 4.90 Å². The van der Waals surface area contributed by atoms with E-state index < -0.39 is 22.8 Å². The molecule has 1 aliphatic carbocycles. The molecule has 168 valence electrons. The quantitative estimate of drug-likeness (QED) is 0.602. The van der Waals surface area contributed by atoms with Gasteiger partial charge in [0, 0.05) is 31.4 Å². The van der Waals surface area contributed by atoms with Gasteiger partial charge < -0.3 is 30.4 Å². The second-order valence-electron chi connectivity index (χ2n) is 8.52. The number of nitrogens with two attached hydrogens (primary N) is 1. The van der Waals surface area contributed by atoms with Gasteiger partial charge in [-0.3, -0.25) is 4.79 Å². The van der Waals surface area contributed by atoms with Crippen molar-refractivity contribution in [2.24, 2.45) is 5.92 Å². The van der Waals surface area contributed by atoms with Crippen molar-refractivity contribution in [2.75, 3.05) is 37.4 Å². The number of benzene rings is 1. The van der Waals surface area contributed by atoms with Gasteiger partial charge in [0.1, 0.15) is 11.3 Å². The fourth-order valence-corrected chi connectivity index (χ4v) is 4.75. The molecule has 2 aliphatic rings. The normalized spacial score (nSPS) is 21.5. The van der Waals surface area contributed by atoms with E-state index in [-0.39, 0.29) is 34.5 Å². The molecule has 0 amide bonds. The maximum absolute atomic E-state index is 15.6. The number of carbonyl (C=O) groups is 1. The molecule has 1 aromatic carbocycles. The average Bonchev–Trinajstić information content (AvgIpc) is 3.57. The molecule has 9 heteroatoms. The number of aromatic carboxylic acids is 1. The fraction of sp³-hybridized carbons (Fsp3) is 0.545. The molecular formula is C22H29FN4O4. The van der Waals surface area contributed by atoms with Crippen molar-refractivity contribution < 1.29 is 19.0 Å². The third-order valence-electron chi connectivity index (χ3n) is 6.44. The van der Waals surface area contributed by atoms with Gasteiger partial charge in [-0.15, -0.1) is 0 Å². The van der Waals surface area contributed by atoms with Crippen LogP contribution in [0.15, 0.2) is 11.0 Å². The van der Waals surface area contributed by atoms with E-state index in [2.05, 4.69) is 19.2 Å². The van der Waals surface area contributed by atoms with Gasteiger partial charge in [0.05, 0.1) is 23.7 Å². The number of halogens is 1. The van der Waals surface area contributed by atoms with Crippen LogP contribution >= 0.6 is 0 Å². The van der Waals surface area contributed by atoms with E-state index in [1.165, 1.54) is 13.3 Å². The number of aromatic nitrogens is 1. The first-order valence-corrected chi connectivity index (χ1v) is 10.7. The number of carboxylic acids is 1. The van der Waals surface area contributed by atoms with Crippen LogP contribution < -0.4 is 26.1 Å². The van der Waals surface area contributed by atoms with E-state index in [0.717, 1.165) is 25.8 Å². The minimum Gasteiger partial charge on any atom is -0.492 e. The van der Waals surface area contributed by atoms with Crippen LogP contribution in [0.1, 0.15) is 49.5 Å². The van der Waals surface area contributed by atoms with Crippen LogP contribution in [0.2, 0.25) is 0 Å². The van der Waals surface area contributed by atoms with Crippen molar-refractivity contribution in [3.05, 3.63) is 27.8 Å². The number of rotatable bonds is 6. The smallest absolute Gasteiger partial charge is 0.341 e. The molecule has 2 heterocycles. The van der Waals surface area contributed by atoms with Crippen LogP contribution in [0.3, 0.4) is 0 Å². The van der Waals surface area contributed by atoms with E-state index >= 15 is 4.39 Å². The Hall–Kier alpha value is -2.81. The third kappa shape index (κ3) is 3.50. The molecule has 31 heavy (non-hydrogen) atoms. The molecular weight excluding hydrogens is 403 g/mol. The lowest BCUT2D eigenvalue weighted by atomic mass is 9.93. The van der Waals surface area contributed by atoms with Crippen molar-refractivity contribution >= 4 is 28.2 Å². The maximum atomic E-state index is 15.6. The zero-order valence-electron chi connectivity index (χ0n) is 18.1. The van der Waals surface area contributed by atoms with Gasteiger partial charge in [0.2, 0.25) is 5.43 Å². The van der Waals surface area contributed by atoms with Gasteiger partial charge in [0.25, 0.3) is 0 Å². The van der Waals surface area contributed by atoms with Crippen LogP contribution in [0.25, 0.3) is 10.9 Å². The first kappa shape index (κ1) is 21.4. The zero-order valence-corrected chi connectivity index (χ0v) is 18.1. The largest absolute Gasteiger partial charge is 0.492 e. The van der Waals surface area contributed by atoms with Crippen molar-refractivity contribution in [3.8, 4) is 5.75 Å². The monoisotopic (exact) mass is 432 g/mol. The Kier molecular flexibility index (Phi) is 5.55. The Bertz CT molecular complexity index is 1100. The van der Waals surface area contributed by atoms with E-state index in [1.54, 1.807) is 4.57 Å². The predicted octanol–water partition coefficient (Wildman–Crippen LogP) is 2.59. The number of methoxy groups -OCH3 is 1. The van der Waals surface area contributed by atoms with Crippen LogP contribution in [-0.2, 0) is 0 Å². The first-order valence-electron chi connectivity index (χ1n) is 10.7. The Morgan fingerprint density at radius 2 is 2.10 bits per heavy atom. The number of anilines is 2. The number of pyridine rings is 1. The number of nitrogens with one attached hydrogen (secondary N) is 1. The number of piperidine rings is 1. The molecule has 0 spiro atoms. The maximum Gasteiger partial charge on any atom is 0.341 e. The van der Waals surface area contributed by atoms with Crippen molar-refractivity contribution in [3.63, 3.8) is 0 Å². The molecule has 4 N–H and O–H groups in total. The van der Waals surface area contributed by atoms with E-state index in [4.69, 9.17) is 10.5 Å². The third-order valence-corrected chi connectivity index (χ3v) is 6.44. The molecule has 2 unspecified atom stereocenters. The lowest BCUT2D eigenvalue weighted by Crippen LogP contribution is -2.48. The lowest BCUT2D eigenvalue weighted by Gasteiger charge is -2.39. The fourth-order valence-electron chi connectivity index (χ4n) is 4.75. The van der Waals surface area contributed by atoms with Crippen LogP contribution in [-0.4, -0.2) is 48.4 Å². The molecule has 1 saturated heterocycles. The molecule has 2 atom stereocenters. The highest BCUT2D eigenvalue weighted by Gasteiger charge is 2.35. The number of hydrogen-bond donors (Lipinski definition) is 3. The van der Waals surface area contributed by atoms with Crippen molar-refractivity contribution in [1.29, 1.82) is 0 Å². The summed E-state index contributed by atoms with van der Waals surface area (Å²) in [5.74, 6) is -1.59. The molecule has 2 aromatic rings. The summed E-state index contributed by atoms with van der Waals surface area (Å²) in [6, 6.07) is 0.377. The number of hydrogen-bond acceptors (Lipinski definition) is 6. The van der Waals surface area contributed by atoms with Gasteiger partial charge in [-0.1, -0.05) is 13.8 Å². The van der Waals surface area contributed by atoms with Gasteiger partial charge in [-0.2, -0.15) is 0 Å². The highest BCUT2D eigenvalue weighted by molar-refractivity contribution is 6.03. The van der Waals surface area contributed by atoms with Gasteiger partial charge in [-0.25, -0.2) is 9.18 Å². The molecule has 4 rings (SSSR count). The van der Waals surface area contributed by atoms with Crippen LogP contribution in [0.4, 0.5) is 15.8 Å². The molecule has 1 aromatic heterocycles. The Balaban J connectivity index is 1.95. The molecule has 1 aliphatic heterocycles. The summed E-state index contributed by atoms with van der Waals surface area (Å²) in [6.07, 6.45) is 3.87. The van der Waals surface area contributed by atoms with Gasteiger partial charge in [-0.05, 0) is 31.7 Å². The Morgan fingerprint density at radius 1 is 1.39 bits per heavy atom. The average molecular weight is 432 g/mol. The number of nitrogen functional groups attached to an aromatic ring is 1. The second kappa shape index (κ2) is 8.03. The van der Waals surface area contributed by atoms with Crippen molar-refractivity contribution in [2.45, 2.75) is 45.2 Å². The minimum atomic E-state index is -1.36. The summed E-state index contributed by atoms with van der Waals surface area (Å²) in [7, 11) is 1.44. The summed E-state index contributed by atoms with van der Waals surface area (Å²) in [4.78, 5) is 26.5. The minimum absolute atomic E-state index is 0.0335.